The lowest BCUT2D eigenvalue weighted by atomic mass is 10.2. The van der Waals surface area contributed by atoms with Gasteiger partial charge in [0, 0.05) is 17.5 Å². The molecule has 11 heteroatoms. The molecule has 1 aromatic carbocycles. The Balaban J connectivity index is 1.32. The van der Waals surface area contributed by atoms with Gasteiger partial charge in [0.25, 0.3) is 5.56 Å². The Morgan fingerprint density at radius 2 is 2.03 bits per heavy atom. The maximum atomic E-state index is 13.2. The predicted molar refractivity (Wildman–Crippen MR) is 122 cm³/mol. The molecule has 1 amide bonds. The summed E-state index contributed by atoms with van der Waals surface area (Å²) in [5.74, 6) is 0.382. The van der Waals surface area contributed by atoms with E-state index >= 15 is 0 Å². The summed E-state index contributed by atoms with van der Waals surface area (Å²) in [6.07, 6.45) is 2.90. The lowest BCUT2D eigenvalue weighted by molar-refractivity contribution is -0.114. The third-order valence-corrected chi connectivity index (χ3v) is 7.62. The van der Waals surface area contributed by atoms with Gasteiger partial charge >= 0.3 is 0 Å². The van der Waals surface area contributed by atoms with E-state index in [1.165, 1.54) is 33.4 Å². The minimum atomic E-state index is -0.348. The van der Waals surface area contributed by atoms with E-state index in [9.17, 15) is 14.0 Å². The van der Waals surface area contributed by atoms with E-state index in [-0.39, 0.29) is 23.0 Å². The van der Waals surface area contributed by atoms with Crippen molar-refractivity contribution in [1.29, 1.82) is 0 Å². The predicted octanol–water partition coefficient (Wildman–Crippen LogP) is 3.05. The summed E-state index contributed by atoms with van der Waals surface area (Å²) in [4.78, 5) is 32.2. The molecule has 8 nitrogen and oxygen atoms in total. The van der Waals surface area contributed by atoms with Crippen LogP contribution in [0.5, 0.6) is 0 Å². The number of thioether (sulfide) groups is 1. The topological polar surface area (TPSA) is 94.7 Å². The Kier molecular flexibility index (Phi) is 5.30. The lowest BCUT2D eigenvalue weighted by Crippen LogP contribution is -2.36. The van der Waals surface area contributed by atoms with Gasteiger partial charge in [0.05, 0.1) is 11.1 Å². The molecule has 0 bridgehead atoms. The number of halogens is 1. The molecule has 4 aromatic rings. The van der Waals surface area contributed by atoms with Gasteiger partial charge in [-0.15, -0.1) is 21.5 Å². The van der Waals surface area contributed by atoms with E-state index in [2.05, 4.69) is 20.6 Å². The highest BCUT2D eigenvalue weighted by molar-refractivity contribution is 7.99. The number of hydrogen-bond donors (Lipinski definition) is 1. The van der Waals surface area contributed by atoms with Gasteiger partial charge in [0.1, 0.15) is 16.5 Å². The zero-order valence-corrected chi connectivity index (χ0v) is 19.0. The van der Waals surface area contributed by atoms with Gasteiger partial charge in [0.2, 0.25) is 5.91 Å². The van der Waals surface area contributed by atoms with Crippen LogP contribution in [0.3, 0.4) is 0 Å². The number of carbonyl (C=O) groups excluding carboxylic acids is 1. The molecule has 164 valence electrons. The third-order valence-electron chi connectivity index (χ3n) is 5.41. The molecule has 1 aliphatic carbocycles. The first kappa shape index (κ1) is 20.8. The molecule has 3 aromatic heterocycles. The maximum absolute atomic E-state index is 13.2. The van der Waals surface area contributed by atoms with Crippen LogP contribution in [-0.2, 0) is 24.7 Å². The highest BCUT2D eigenvalue weighted by Gasteiger charge is 2.23. The van der Waals surface area contributed by atoms with Crippen molar-refractivity contribution in [2.45, 2.75) is 31.3 Å². The summed E-state index contributed by atoms with van der Waals surface area (Å²) >= 11 is 2.77. The fourth-order valence-corrected chi connectivity index (χ4v) is 5.86. The summed E-state index contributed by atoms with van der Waals surface area (Å²) in [5.41, 5.74) is 4.24. The number of aromatic nitrogens is 5. The summed E-state index contributed by atoms with van der Waals surface area (Å²) in [6, 6.07) is 5.97. The molecule has 1 N–H and O–H groups in total. The van der Waals surface area contributed by atoms with Crippen molar-refractivity contribution in [2.24, 2.45) is 7.05 Å². The molecular formula is C21H19FN6O2S2. The smallest absolute Gasteiger partial charge is 0.281 e. The second-order valence-corrected chi connectivity index (χ2v) is 9.56. The number of thiophene rings is 1. The van der Waals surface area contributed by atoms with Crippen LogP contribution in [0.1, 0.15) is 22.7 Å². The molecule has 0 atom stereocenters. The van der Waals surface area contributed by atoms with Crippen LogP contribution in [0.15, 0.2) is 34.2 Å². The number of amides is 1. The second kappa shape index (κ2) is 8.14. The fourth-order valence-electron chi connectivity index (χ4n) is 3.85. The third kappa shape index (κ3) is 3.61. The van der Waals surface area contributed by atoms with Crippen LogP contribution in [0.4, 0.5) is 4.39 Å². The highest BCUT2D eigenvalue weighted by Crippen LogP contribution is 2.34. The number of hydrogen-bond acceptors (Lipinski definition) is 7. The number of nitrogens with zero attached hydrogens (tertiary/aromatic N) is 5. The Morgan fingerprint density at radius 1 is 1.25 bits per heavy atom. The summed E-state index contributed by atoms with van der Waals surface area (Å²) < 4.78 is 16.1. The van der Waals surface area contributed by atoms with Crippen molar-refractivity contribution in [3.05, 3.63) is 56.7 Å². The normalized spacial score (nSPS) is 13.0. The second-order valence-electron chi connectivity index (χ2n) is 7.53. The molecule has 0 saturated heterocycles. The number of fused-ring (bicyclic) bond motifs is 3. The monoisotopic (exact) mass is 470 g/mol. The van der Waals surface area contributed by atoms with Crippen molar-refractivity contribution in [2.75, 3.05) is 11.2 Å². The van der Waals surface area contributed by atoms with Gasteiger partial charge in [0.15, 0.2) is 11.0 Å². The standard InChI is InChI=1S/C21H19FN6O2S2/c1-11-23-19-17(14-4-3-5-15(14)32-19)20(30)28(11)26-16(29)10-31-21-25-24-18(27(21)2)12-6-8-13(22)9-7-12/h6-9H,3-5,10H2,1-2H3,(H,26,29). The molecule has 0 saturated carbocycles. The summed E-state index contributed by atoms with van der Waals surface area (Å²) in [7, 11) is 1.78. The number of benzene rings is 1. The van der Waals surface area contributed by atoms with Crippen LogP contribution < -0.4 is 11.0 Å². The Hall–Kier alpha value is -3.05. The van der Waals surface area contributed by atoms with Crippen molar-refractivity contribution in [3.8, 4) is 11.4 Å². The van der Waals surface area contributed by atoms with E-state index in [0.29, 0.717) is 22.2 Å². The molecule has 0 spiro atoms. The van der Waals surface area contributed by atoms with Crippen molar-refractivity contribution in [3.63, 3.8) is 0 Å². The highest BCUT2D eigenvalue weighted by atomic mass is 32.2. The molecule has 0 radical (unpaired) electrons. The van der Waals surface area contributed by atoms with E-state index < -0.39 is 0 Å². The molecule has 0 aliphatic heterocycles. The van der Waals surface area contributed by atoms with Gasteiger partial charge in [-0.1, -0.05) is 11.8 Å². The van der Waals surface area contributed by atoms with Crippen LogP contribution in [0.25, 0.3) is 21.6 Å². The number of aryl methyl sites for hydroxylation is 3. The van der Waals surface area contributed by atoms with Crippen molar-refractivity contribution >= 4 is 39.2 Å². The average Bonchev–Trinajstić information content (AvgIpc) is 3.45. The van der Waals surface area contributed by atoms with E-state index in [1.807, 2.05) is 0 Å². The van der Waals surface area contributed by atoms with Crippen LogP contribution in [0, 0.1) is 12.7 Å². The largest absolute Gasteiger partial charge is 0.305 e. The first-order valence-corrected chi connectivity index (χ1v) is 11.8. The molecule has 0 unspecified atom stereocenters. The van der Waals surface area contributed by atoms with E-state index in [1.54, 1.807) is 42.0 Å². The van der Waals surface area contributed by atoms with Crippen molar-refractivity contribution in [1.82, 2.24) is 24.4 Å². The number of nitrogens with one attached hydrogen (secondary N) is 1. The van der Waals surface area contributed by atoms with E-state index in [0.717, 1.165) is 35.2 Å². The van der Waals surface area contributed by atoms with Crippen LogP contribution in [-0.4, -0.2) is 36.1 Å². The van der Waals surface area contributed by atoms with Gasteiger partial charge in [-0.2, -0.15) is 0 Å². The first-order chi connectivity index (χ1) is 15.4. The average molecular weight is 471 g/mol. The molecule has 32 heavy (non-hydrogen) atoms. The first-order valence-electron chi connectivity index (χ1n) is 10.0. The zero-order valence-electron chi connectivity index (χ0n) is 17.4. The maximum Gasteiger partial charge on any atom is 0.281 e. The number of carbonyl (C=O) groups is 1. The number of rotatable bonds is 5. The van der Waals surface area contributed by atoms with Gasteiger partial charge in [-0.25, -0.2) is 14.1 Å². The van der Waals surface area contributed by atoms with Crippen LogP contribution in [0.2, 0.25) is 0 Å². The SMILES string of the molecule is Cc1nc2sc3c(c2c(=O)n1NC(=O)CSc1nnc(-c2ccc(F)cc2)n1C)CCC3. The quantitative estimate of drug-likeness (QED) is 0.451. The van der Waals surface area contributed by atoms with Crippen LogP contribution >= 0.6 is 23.1 Å². The minimum Gasteiger partial charge on any atom is -0.305 e. The molecule has 1 aliphatic rings. The Bertz CT molecular complexity index is 1410. The Morgan fingerprint density at radius 3 is 2.81 bits per heavy atom. The van der Waals surface area contributed by atoms with Crippen molar-refractivity contribution < 1.29 is 9.18 Å². The molecule has 3 heterocycles. The molecule has 5 rings (SSSR count). The fraction of sp³-hybridized carbons (Fsp3) is 0.286. The van der Waals surface area contributed by atoms with E-state index in [4.69, 9.17) is 0 Å². The van der Waals surface area contributed by atoms with Gasteiger partial charge < -0.3 is 4.57 Å². The summed E-state index contributed by atoms with van der Waals surface area (Å²) in [5, 5.41) is 9.42. The Labute approximate surface area is 190 Å². The molecule has 0 fully saturated rings. The van der Waals surface area contributed by atoms with Gasteiger partial charge in [-0.05, 0) is 56.0 Å². The van der Waals surface area contributed by atoms with Gasteiger partial charge in [-0.3, -0.25) is 15.0 Å². The molecular weight excluding hydrogens is 451 g/mol. The zero-order chi connectivity index (χ0) is 22.4. The lowest BCUT2D eigenvalue weighted by Gasteiger charge is -2.11. The minimum absolute atomic E-state index is 0.0427. The summed E-state index contributed by atoms with van der Waals surface area (Å²) in [6.45, 7) is 1.71.